The molecule has 1 unspecified atom stereocenters. The molecule has 0 radical (unpaired) electrons. The van der Waals surface area contributed by atoms with Crippen molar-refractivity contribution in [2.45, 2.75) is 13.0 Å². The first-order valence-electron chi connectivity index (χ1n) is 9.05. The van der Waals surface area contributed by atoms with Crippen LogP contribution in [0.3, 0.4) is 0 Å². The number of carbonyl (C=O) groups is 2. The molecule has 2 N–H and O–H groups in total. The lowest BCUT2D eigenvalue weighted by Gasteiger charge is -2.26. The molecule has 6 nitrogen and oxygen atoms in total. The van der Waals surface area contributed by atoms with Gasteiger partial charge in [0.2, 0.25) is 0 Å². The summed E-state index contributed by atoms with van der Waals surface area (Å²) < 4.78 is 0. The van der Waals surface area contributed by atoms with Crippen LogP contribution in [-0.2, 0) is 9.59 Å². The van der Waals surface area contributed by atoms with Gasteiger partial charge in [0.15, 0.2) is 0 Å². The van der Waals surface area contributed by atoms with E-state index in [9.17, 15) is 19.8 Å². The molecule has 0 spiro atoms. The summed E-state index contributed by atoms with van der Waals surface area (Å²) in [7, 11) is 0. The first kappa shape index (κ1) is 18.4. The van der Waals surface area contributed by atoms with Crippen LogP contribution in [-0.4, -0.2) is 26.9 Å². The van der Waals surface area contributed by atoms with Crippen molar-refractivity contribution in [1.82, 2.24) is 4.98 Å². The number of hydrogen-bond donors (Lipinski definition) is 2. The Morgan fingerprint density at radius 2 is 1.79 bits per heavy atom. The molecular formula is C23H18N2O4. The highest BCUT2D eigenvalue weighted by Gasteiger charge is 2.47. The van der Waals surface area contributed by atoms with Gasteiger partial charge in [-0.1, -0.05) is 42.5 Å². The van der Waals surface area contributed by atoms with Gasteiger partial charge in [0.25, 0.3) is 11.7 Å². The first-order valence-corrected chi connectivity index (χ1v) is 9.05. The lowest BCUT2D eigenvalue weighted by atomic mass is 9.96. The van der Waals surface area contributed by atoms with Gasteiger partial charge in [-0.25, -0.2) is 0 Å². The number of Topliss-reactive ketones (excluding diaryl/α,β-unsaturated/α-hetero) is 1. The van der Waals surface area contributed by atoms with Crippen LogP contribution in [0.4, 0.5) is 5.69 Å². The summed E-state index contributed by atoms with van der Waals surface area (Å²) in [6.07, 6.45) is 3.12. The second kappa shape index (κ2) is 7.24. The van der Waals surface area contributed by atoms with Crippen LogP contribution in [0, 0.1) is 6.92 Å². The zero-order chi connectivity index (χ0) is 20.5. The Kier molecular flexibility index (Phi) is 4.60. The monoisotopic (exact) mass is 386 g/mol. The van der Waals surface area contributed by atoms with E-state index in [4.69, 9.17) is 0 Å². The molecule has 144 valence electrons. The lowest BCUT2D eigenvalue weighted by Crippen LogP contribution is -2.29. The molecule has 0 bridgehead atoms. The van der Waals surface area contributed by atoms with Gasteiger partial charge in [-0.05, 0) is 36.2 Å². The second-order valence-corrected chi connectivity index (χ2v) is 6.81. The highest BCUT2D eigenvalue weighted by atomic mass is 16.3. The van der Waals surface area contributed by atoms with Crippen molar-refractivity contribution in [1.29, 1.82) is 0 Å². The van der Waals surface area contributed by atoms with Crippen LogP contribution in [0.2, 0.25) is 0 Å². The minimum absolute atomic E-state index is 0.0462. The highest BCUT2D eigenvalue weighted by Crippen LogP contribution is 2.44. The minimum atomic E-state index is -0.920. The van der Waals surface area contributed by atoms with Gasteiger partial charge in [-0.2, -0.15) is 0 Å². The molecular weight excluding hydrogens is 368 g/mol. The number of pyridine rings is 1. The first-order chi connectivity index (χ1) is 14.0. The third kappa shape index (κ3) is 3.14. The molecule has 1 aliphatic rings. The predicted molar refractivity (Wildman–Crippen MR) is 108 cm³/mol. The van der Waals surface area contributed by atoms with Gasteiger partial charge in [-0.3, -0.25) is 19.5 Å². The fourth-order valence-electron chi connectivity index (χ4n) is 3.51. The second-order valence-electron chi connectivity index (χ2n) is 6.81. The van der Waals surface area contributed by atoms with Crippen molar-refractivity contribution in [2.24, 2.45) is 0 Å². The number of ketones is 1. The Hall–Kier alpha value is -3.93. The molecule has 4 rings (SSSR count). The number of carbonyl (C=O) groups excluding carboxylic acids is 2. The van der Waals surface area contributed by atoms with Crippen LogP contribution in [0.1, 0.15) is 22.7 Å². The third-order valence-electron chi connectivity index (χ3n) is 4.88. The number of aryl methyl sites for hydroxylation is 1. The molecule has 1 atom stereocenters. The standard InChI is InChI=1S/C23H18N2O4/c1-14-9-10-18(26)17(12-14)25-20(16-8-5-11-24-13-16)19(22(28)23(25)29)21(27)15-6-3-2-4-7-15/h2-13,20,26-27H,1H3/b21-19+. The summed E-state index contributed by atoms with van der Waals surface area (Å²) in [6.45, 7) is 1.82. The van der Waals surface area contributed by atoms with Crippen molar-refractivity contribution in [3.63, 3.8) is 0 Å². The Balaban J connectivity index is 1.98. The highest BCUT2D eigenvalue weighted by molar-refractivity contribution is 6.51. The molecule has 1 aliphatic heterocycles. The number of hydrogen-bond acceptors (Lipinski definition) is 5. The van der Waals surface area contributed by atoms with E-state index in [1.165, 1.54) is 17.2 Å². The molecule has 1 fully saturated rings. The zero-order valence-corrected chi connectivity index (χ0v) is 15.6. The van der Waals surface area contributed by atoms with Gasteiger partial charge >= 0.3 is 0 Å². The summed E-state index contributed by atoms with van der Waals surface area (Å²) in [5.74, 6) is -2.04. The SMILES string of the molecule is Cc1ccc(O)c(N2C(=O)C(=O)/C(=C(/O)c3ccccc3)C2c2cccnc2)c1. The predicted octanol–water partition coefficient (Wildman–Crippen LogP) is 3.72. The number of amides is 1. The van der Waals surface area contributed by atoms with E-state index in [2.05, 4.69) is 4.98 Å². The van der Waals surface area contributed by atoms with Crippen molar-refractivity contribution in [3.8, 4) is 5.75 Å². The van der Waals surface area contributed by atoms with Crippen molar-refractivity contribution in [2.75, 3.05) is 4.90 Å². The Morgan fingerprint density at radius 3 is 2.48 bits per heavy atom. The zero-order valence-electron chi connectivity index (χ0n) is 15.6. The van der Waals surface area contributed by atoms with E-state index < -0.39 is 17.7 Å². The number of benzene rings is 2. The van der Waals surface area contributed by atoms with E-state index in [0.717, 1.165) is 5.56 Å². The van der Waals surface area contributed by atoms with Crippen molar-refractivity contribution < 1.29 is 19.8 Å². The van der Waals surface area contributed by atoms with Gasteiger partial charge in [0.1, 0.15) is 11.5 Å². The normalized spacial score (nSPS) is 18.2. The molecule has 2 heterocycles. The van der Waals surface area contributed by atoms with E-state index in [1.807, 2.05) is 6.92 Å². The number of aliphatic hydroxyl groups is 1. The molecule has 29 heavy (non-hydrogen) atoms. The maximum absolute atomic E-state index is 13.0. The number of phenolic OH excluding ortho intramolecular Hbond substituents is 1. The Bertz CT molecular complexity index is 1120. The van der Waals surface area contributed by atoms with Gasteiger partial charge in [0, 0.05) is 18.0 Å². The Morgan fingerprint density at radius 1 is 1.03 bits per heavy atom. The summed E-state index contributed by atoms with van der Waals surface area (Å²) in [4.78, 5) is 31.3. The summed E-state index contributed by atoms with van der Waals surface area (Å²) >= 11 is 0. The minimum Gasteiger partial charge on any atom is -0.507 e. The topological polar surface area (TPSA) is 90.7 Å². The fraction of sp³-hybridized carbons (Fsp3) is 0.0870. The van der Waals surface area contributed by atoms with Crippen LogP contribution in [0.25, 0.3) is 5.76 Å². The summed E-state index contributed by atoms with van der Waals surface area (Å²) in [6, 6.07) is 15.9. The largest absolute Gasteiger partial charge is 0.507 e. The molecule has 1 aromatic heterocycles. The average molecular weight is 386 g/mol. The van der Waals surface area contributed by atoms with Crippen molar-refractivity contribution in [3.05, 3.63) is 95.3 Å². The number of rotatable bonds is 3. The molecule has 3 aromatic rings. The lowest BCUT2D eigenvalue weighted by molar-refractivity contribution is -0.132. The van der Waals surface area contributed by atoms with E-state index in [0.29, 0.717) is 11.1 Å². The van der Waals surface area contributed by atoms with Crippen LogP contribution < -0.4 is 4.90 Å². The van der Waals surface area contributed by atoms with Gasteiger partial charge in [-0.15, -0.1) is 0 Å². The molecule has 6 heteroatoms. The van der Waals surface area contributed by atoms with E-state index >= 15 is 0 Å². The molecule has 1 saturated heterocycles. The summed E-state index contributed by atoms with van der Waals surface area (Å²) in [5.41, 5.74) is 1.94. The number of phenols is 1. The average Bonchev–Trinajstić information content (AvgIpc) is 3.01. The number of aromatic hydroxyl groups is 1. The molecule has 2 aromatic carbocycles. The van der Waals surface area contributed by atoms with Crippen LogP contribution in [0.5, 0.6) is 5.75 Å². The maximum atomic E-state index is 13.0. The third-order valence-corrected chi connectivity index (χ3v) is 4.88. The fourth-order valence-corrected chi connectivity index (χ4v) is 3.51. The number of aromatic nitrogens is 1. The Labute approximate surface area is 167 Å². The molecule has 0 aliphatic carbocycles. The van der Waals surface area contributed by atoms with Gasteiger partial charge < -0.3 is 10.2 Å². The van der Waals surface area contributed by atoms with Crippen molar-refractivity contribution >= 4 is 23.1 Å². The maximum Gasteiger partial charge on any atom is 0.300 e. The quantitative estimate of drug-likeness (QED) is 0.407. The molecule has 1 amide bonds. The van der Waals surface area contributed by atoms with Crippen LogP contribution >= 0.6 is 0 Å². The molecule has 0 saturated carbocycles. The number of anilines is 1. The summed E-state index contributed by atoms with van der Waals surface area (Å²) in [5, 5.41) is 21.3. The van der Waals surface area contributed by atoms with E-state index in [-0.39, 0.29) is 22.8 Å². The smallest absolute Gasteiger partial charge is 0.300 e. The van der Waals surface area contributed by atoms with Gasteiger partial charge in [0.05, 0.1) is 17.3 Å². The number of aliphatic hydroxyl groups excluding tert-OH is 1. The van der Waals surface area contributed by atoms with E-state index in [1.54, 1.807) is 60.8 Å². The number of nitrogens with zero attached hydrogens (tertiary/aromatic N) is 2. The van der Waals surface area contributed by atoms with Crippen LogP contribution in [0.15, 0.2) is 78.6 Å².